The minimum Gasteiger partial charge on any atom is -0.480 e. The zero-order valence-corrected chi connectivity index (χ0v) is 10.6. The monoisotopic (exact) mass is 271 g/mol. The minimum absolute atomic E-state index is 0.487. The van der Waals surface area contributed by atoms with Gasteiger partial charge in [-0.05, 0) is 31.2 Å². The average Bonchev–Trinajstić information content (AvgIpc) is 2.79. The van der Waals surface area contributed by atoms with Gasteiger partial charge in [-0.25, -0.2) is 9.18 Å². The Morgan fingerprint density at radius 2 is 2.17 bits per heavy atom. The lowest BCUT2D eigenvalue weighted by Crippen LogP contribution is -2.42. The molecule has 1 aliphatic carbocycles. The standard InChI is InChI=1S/C12H14FNO3S/c13-5-9(12(16)17)14-11(15)8-6-18-10-4-2-1-3-7(8)10/h6,9H,1-5H2,(H,14,15)(H,16,17). The molecule has 1 aromatic rings. The van der Waals surface area contributed by atoms with E-state index >= 15 is 0 Å². The van der Waals surface area contributed by atoms with Gasteiger partial charge in [0.25, 0.3) is 5.91 Å². The highest BCUT2D eigenvalue weighted by atomic mass is 32.1. The van der Waals surface area contributed by atoms with Crippen LogP contribution in [-0.4, -0.2) is 29.7 Å². The Hall–Kier alpha value is -1.43. The van der Waals surface area contributed by atoms with E-state index in [0.717, 1.165) is 31.2 Å². The number of thiophene rings is 1. The number of amides is 1. The van der Waals surface area contributed by atoms with Gasteiger partial charge in [0.05, 0.1) is 5.56 Å². The smallest absolute Gasteiger partial charge is 0.328 e. The van der Waals surface area contributed by atoms with Crippen LogP contribution in [0.5, 0.6) is 0 Å². The summed E-state index contributed by atoms with van der Waals surface area (Å²) < 4.78 is 12.5. The van der Waals surface area contributed by atoms with Crippen molar-refractivity contribution in [1.82, 2.24) is 5.32 Å². The number of alkyl halides is 1. The summed E-state index contributed by atoms with van der Waals surface area (Å²) in [5.41, 5.74) is 1.51. The van der Waals surface area contributed by atoms with E-state index in [1.165, 1.54) is 16.2 Å². The van der Waals surface area contributed by atoms with Crippen LogP contribution in [0, 0.1) is 0 Å². The normalized spacial score (nSPS) is 15.8. The van der Waals surface area contributed by atoms with Crippen LogP contribution in [0.2, 0.25) is 0 Å². The van der Waals surface area contributed by atoms with Crippen molar-refractivity contribution in [1.29, 1.82) is 0 Å². The molecular weight excluding hydrogens is 257 g/mol. The van der Waals surface area contributed by atoms with E-state index in [1.54, 1.807) is 5.38 Å². The SMILES string of the molecule is O=C(NC(CF)C(=O)O)c1csc2c1CCCC2. The first-order valence-corrected chi connectivity index (χ1v) is 6.70. The highest BCUT2D eigenvalue weighted by molar-refractivity contribution is 7.10. The lowest BCUT2D eigenvalue weighted by atomic mass is 9.95. The van der Waals surface area contributed by atoms with Crippen molar-refractivity contribution >= 4 is 23.2 Å². The number of carbonyl (C=O) groups is 2. The summed E-state index contributed by atoms with van der Waals surface area (Å²) in [5, 5.41) is 12.7. The molecule has 0 saturated heterocycles. The fourth-order valence-electron chi connectivity index (χ4n) is 2.09. The van der Waals surface area contributed by atoms with Gasteiger partial charge in [-0.3, -0.25) is 4.79 Å². The van der Waals surface area contributed by atoms with Crippen LogP contribution in [0.4, 0.5) is 4.39 Å². The van der Waals surface area contributed by atoms with Crippen LogP contribution in [0.15, 0.2) is 5.38 Å². The molecule has 0 bridgehead atoms. The number of carboxylic acid groups (broad SMARTS) is 1. The molecule has 0 aromatic carbocycles. The van der Waals surface area contributed by atoms with E-state index in [2.05, 4.69) is 5.32 Å². The van der Waals surface area contributed by atoms with Crippen LogP contribution < -0.4 is 5.32 Å². The molecule has 0 aliphatic heterocycles. The molecule has 2 N–H and O–H groups in total. The minimum atomic E-state index is -1.46. The zero-order chi connectivity index (χ0) is 13.1. The van der Waals surface area contributed by atoms with Crippen LogP contribution in [0.25, 0.3) is 0 Å². The number of fused-ring (bicyclic) bond motifs is 1. The van der Waals surface area contributed by atoms with E-state index in [9.17, 15) is 14.0 Å². The van der Waals surface area contributed by atoms with Crippen molar-refractivity contribution in [2.75, 3.05) is 6.67 Å². The van der Waals surface area contributed by atoms with Crippen LogP contribution >= 0.6 is 11.3 Å². The Balaban J connectivity index is 2.14. The molecule has 1 aromatic heterocycles. The maximum absolute atomic E-state index is 12.5. The quantitative estimate of drug-likeness (QED) is 0.877. The van der Waals surface area contributed by atoms with Crippen molar-refractivity contribution < 1.29 is 19.1 Å². The molecule has 0 spiro atoms. The van der Waals surface area contributed by atoms with Gasteiger partial charge in [-0.15, -0.1) is 11.3 Å². The number of hydrogen-bond donors (Lipinski definition) is 2. The summed E-state index contributed by atoms with van der Waals surface area (Å²) in [7, 11) is 0. The number of rotatable bonds is 4. The van der Waals surface area contributed by atoms with Gasteiger partial charge in [0.1, 0.15) is 6.67 Å². The third kappa shape index (κ3) is 2.53. The first-order chi connectivity index (χ1) is 8.63. The van der Waals surface area contributed by atoms with Crippen molar-refractivity contribution in [2.45, 2.75) is 31.7 Å². The molecule has 4 nitrogen and oxygen atoms in total. The predicted molar refractivity (Wildman–Crippen MR) is 65.8 cm³/mol. The number of carboxylic acids is 1. The summed E-state index contributed by atoms with van der Waals surface area (Å²) >= 11 is 1.52. The Kier molecular flexibility index (Phi) is 3.96. The van der Waals surface area contributed by atoms with Gasteiger partial charge in [0, 0.05) is 10.3 Å². The number of hydrogen-bond acceptors (Lipinski definition) is 3. The third-order valence-electron chi connectivity index (χ3n) is 3.06. The molecule has 1 heterocycles. The lowest BCUT2D eigenvalue weighted by molar-refractivity contribution is -0.139. The molecule has 0 fully saturated rings. The number of aryl methyl sites for hydroxylation is 1. The molecule has 98 valence electrons. The number of halogens is 1. The van der Waals surface area contributed by atoms with Crippen molar-refractivity contribution in [2.24, 2.45) is 0 Å². The fraction of sp³-hybridized carbons (Fsp3) is 0.500. The molecule has 1 unspecified atom stereocenters. The topological polar surface area (TPSA) is 66.4 Å². The van der Waals surface area contributed by atoms with Gasteiger partial charge >= 0.3 is 5.97 Å². The van der Waals surface area contributed by atoms with E-state index in [1.807, 2.05) is 0 Å². The summed E-state index contributed by atoms with van der Waals surface area (Å²) in [4.78, 5) is 23.8. The van der Waals surface area contributed by atoms with Gasteiger partial charge in [0.15, 0.2) is 6.04 Å². The van der Waals surface area contributed by atoms with Crippen LogP contribution in [0.3, 0.4) is 0 Å². The molecule has 1 aliphatic rings. The Morgan fingerprint density at radius 3 is 2.83 bits per heavy atom. The van der Waals surface area contributed by atoms with E-state index in [4.69, 9.17) is 5.11 Å². The fourth-order valence-corrected chi connectivity index (χ4v) is 3.21. The molecule has 0 radical (unpaired) electrons. The summed E-state index contributed by atoms with van der Waals surface area (Å²) in [6, 6.07) is -1.46. The highest BCUT2D eigenvalue weighted by Crippen LogP contribution is 2.30. The van der Waals surface area contributed by atoms with E-state index in [-0.39, 0.29) is 0 Å². The van der Waals surface area contributed by atoms with Gasteiger partial charge < -0.3 is 10.4 Å². The second-order valence-corrected chi connectivity index (χ2v) is 5.24. The largest absolute Gasteiger partial charge is 0.480 e. The summed E-state index contributed by atoms with van der Waals surface area (Å²) in [6.07, 6.45) is 3.97. The number of aliphatic carboxylic acids is 1. The zero-order valence-electron chi connectivity index (χ0n) is 9.74. The van der Waals surface area contributed by atoms with Crippen molar-refractivity contribution in [3.8, 4) is 0 Å². The molecule has 18 heavy (non-hydrogen) atoms. The lowest BCUT2D eigenvalue weighted by Gasteiger charge is -2.14. The first kappa shape index (κ1) is 13.0. The van der Waals surface area contributed by atoms with Gasteiger partial charge in [-0.1, -0.05) is 0 Å². The molecule has 6 heteroatoms. The average molecular weight is 271 g/mol. The summed E-state index contributed by atoms with van der Waals surface area (Å²) in [5.74, 6) is -1.84. The van der Waals surface area contributed by atoms with Crippen molar-refractivity contribution in [3.63, 3.8) is 0 Å². The maximum atomic E-state index is 12.5. The Labute approximate surface area is 108 Å². The first-order valence-electron chi connectivity index (χ1n) is 5.82. The second-order valence-electron chi connectivity index (χ2n) is 4.28. The second kappa shape index (κ2) is 5.48. The third-order valence-corrected chi connectivity index (χ3v) is 4.15. The predicted octanol–water partition coefficient (Wildman–Crippen LogP) is 1.78. The Bertz CT molecular complexity index is 472. The number of nitrogens with one attached hydrogen (secondary N) is 1. The van der Waals surface area contributed by atoms with E-state index in [0.29, 0.717) is 5.56 Å². The van der Waals surface area contributed by atoms with Crippen molar-refractivity contribution in [3.05, 3.63) is 21.4 Å². The highest BCUT2D eigenvalue weighted by Gasteiger charge is 2.24. The molecule has 2 rings (SSSR count). The molecular formula is C12H14FNO3S. The molecule has 1 atom stereocenters. The maximum Gasteiger partial charge on any atom is 0.328 e. The van der Waals surface area contributed by atoms with Crippen LogP contribution in [-0.2, 0) is 17.6 Å². The van der Waals surface area contributed by atoms with Gasteiger partial charge in [-0.2, -0.15) is 0 Å². The Morgan fingerprint density at radius 1 is 1.44 bits per heavy atom. The van der Waals surface area contributed by atoms with Gasteiger partial charge in [0.2, 0.25) is 0 Å². The van der Waals surface area contributed by atoms with E-state index < -0.39 is 24.6 Å². The number of carbonyl (C=O) groups excluding carboxylic acids is 1. The molecule has 0 saturated carbocycles. The van der Waals surface area contributed by atoms with Crippen LogP contribution in [0.1, 0.15) is 33.6 Å². The summed E-state index contributed by atoms with van der Waals surface area (Å²) in [6.45, 7) is -1.10. The molecule has 1 amide bonds.